The molecule has 1 rings (SSSR count). The van der Waals surface area contributed by atoms with Crippen molar-refractivity contribution in [2.45, 2.75) is 31.6 Å². The highest BCUT2D eigenvalue weighted by atomic mass is 32.2. The summed E-state index contributed by atoms with van der Waals surface area (Å²) in [6.45, 7) is 4.04. The van der Waals surface area contributed by atoms with Crippen LogP contribution in [0.15, 0.2) is 4.90 Å². The van der Waals surface area contributed by atoms with Crippen molar-refractivity contribution in [3.05, 3.63) is 0 Å². The highest BCUT2D eigenvalue weighted by Gasteiger charge is 2.27. The molecule has 0 saturated heterocycles. The standard InChI is InChI=1S/C11H20N4O3S2/c1-3-5-6-15(7-8(12)16)11-9(10(13)14-19-11)20(17,18)4-2/h3-7H2,1-2H3,(H2,12,16)(H2,13,14). The van der Waals surface area contributed by atoms with Gasteiger partial charge in [-0.25, -0.2) is 8.42 Å². The number of hydrogen-bond donors (Lipinski definition) is 2. The van der Waals surface area contributed by atoms with Crippen molar-refractivity contribution in [3.63, 3.8) is 0 Å². The number of anilines is 2. The van der Waals surface area contributed by atoms with Gasteiger partial charge in [-0.05, 0) is 18.0 Å². The van der Waals surface area contributed by atoms with Crippen LogP contribution in [-0.4, -0.2) is 37.5 Å². The molecular formula is C11H20N4O3S2. The summed E-state index contributed by atoms with van der Waals surface area (Å²) in [4.78, 5) is 12.8. The molecule has 1 aromatic heterocycles. The van der Waals surface area contributed by atoms with E-state index in [1.807, 2.05) is 6.92 Å². The minimum absolute atomic E-state index is 0.0159. The Bertz CT molecular complexity index is 568. The molecule has 9 heteroatoms. The molecular weight excluding hydrogens is 300 g/mol. The van der Waals surface area contributed by atoms with Gasteiger partial charge in [0.15, 0.2) is 15.7 Å². The summed E-state index contributed by atoms with van der Waals surface area (Å²) in [6.07, 6.45) is 1.73. The van der Waals surface area contributed by atoms with E-state index in [4.69, 9.17) is 11.5 Å². The summed E-state index contributed by atoms with van der Waals surface area (Å²) in [5, 5.41) is 0.400. The molecule has 0 unspecified atom stereocenters. The normalized spacial score (nSPS) is 11.5. The van der Waals surface area contributed by atoms with Crippen LogP contribution in [0.25, 0.3) is 0 Å². The smallest absolute Gasteiger partial charge is 0.236 e. The summed E-state index contributed by atoms with van der Waals surface area (Å²) in [5.41, 5.74) is 10.9. The van der Waals surface area contributed by atoms with Crippen LogP contribution in [0.4, 0.5) is 10.8 Å². The molecule has 4 N–H and O–H groups in total. The molecule has 0 spiro atoms. The Morgan fingerprint density at radius 2 is 2.05 bits per heavy atom. The van der Waals surface area contributed by atoms with Crippen LogP contribution in [0.1, 0.15) is 26.7 Å². The molecule has 0 saturated carbocycles. The number of primary amides is 1. The van der Waals surface area contributed by atoms with Gasteiger partial charge in [0.2, 0.25) is 5.91 Å². The Balaban J connectivity index is 3.23. The van der Waals surface area contributed by atoms with Crippen molar-refractivity contribution < 1.29 is 13.2 Å². The fraction of sp³-hybridized carbons (Fsp3) is 0.636. The van der Waals surface area contributed by atoms with Gasteiger partial charge in [0.05, 0.1) is 12.3 Å². The Morgan fingerprint density at radius 1 is 1.40 bits per heavy atom. The van der Waals surface area contributed by atoms with Crippen molar-refractivity contribution in [3.8, 4) is 0 Å². The predicted molar refractivity (Wildman–Crippen MR) is 80.6 cm³/mol. The first-order chi connectivity index (χ1) is 9.33. The summed E-state index contributed by atoms with van der Waals surface area (Å²) in [6, 6.07) is 0. The van der Waals surface area contributed by atoms with Gasteiger partial charge in [-0.1, -0.05) is 20.3 Å². The third-order valence-corrected chi connectivity index (χ3v) is 5.60. The Kier molecular flexibility index (Phi) is 5.75. The van der Waals surface area contributed by atoms with E-state index in [0.29, 0.717) is 11.5 Å². The Morgan fingerprint density at radius 3 is 2.55 bits per heavy atom. The first-order valence-electron chi connectivity index (χ1n) is 6.34. The van der Waals surface area contributed by atoms with Gasteiger partial charge in [0.1, 0.15) is 9.90 Å². The molecule has 0 aromatic carbocycles. The van der Waals surface area contributed by atoms with E-state index in [-0.39, 0.29) is 23.0 Å². The second-order valence-corrected chi connectivity index (χ2v) is 7.31. The molecule has 1 aromatic rings. The van der Waals surface area contributed by atoms with E-state index in [1.165, 1.54) is 0 Å². The first-order valence-corrected chi connectivity index (χ1v) is 8.77. The van der Waals surface area contributed by atoms with Crippen LogP contribution < -0.4 is 16.4 Å². The maximum atomic E-state index is 12.1. The van der Waals surface area contributed by atoms with E-state index >= 15 is 0 Å². The molecule has 114 valence electrons. The van der Waals surface area contributed by atoms with Gasteiger partial charge < -0.3 is 16.4 Å². The Labute approximate surface area is 123 Å². The second-order valence-electron chi connectivity index (χ2n) is 4.35. The zero-order valence-electron chi connectivity index (χ0n) is 11.6. The van der Waals surface area contributed by atoms with E-state index in [1.54, 1.807) is 11.8 Å². The van der Waals surface area contributed by atoms with Gasteiger partial charge in [0.25, 0.3) is 0 Å². The van der Waals surface area contributed by atoms with Crippen LogP contribution in [0.5, 0.6) is 0 Å². The highest BCUT2D eigenvalue weighted by Crippen LogP contribution is 2.35. The number of carbonyl (C=O) groups is 1. The van der Waals surface area contributed by atoms with Crippen LogP contribution in [0.2, 0.25) is 0 Å². The van der Waals surface area contributed by atoms with E-state index in [0.717, 1.165) is 24.4 Å². The zero-order valence-corrected chi connectivity index (χ0v) is 13.3. The topological polar surface area (TPSA) is 119 Å². The molecule has 0 aliphatic heterocycles. The lowest BCUT2D eigenvalue weighted by Gasteiger charge is -2.22. The fourth-order valence-electron chi connectivity index (χ4n) is 1.71. The van der Waals surface area contributed by atoms with Crippen LogP contribution in [-0.2, 0) is 14.6 Å². The molecule has 0 radical (unpaired) electrons. The lowest BCUT2D eigenvalue weighted by Crippen LogP contribution is -2.34. The average Bonchev–Trinajstić information content (AvgIpc) is 2.76. The summed E-state index contributed by atoms with van der Waals surface area (Å²) < 4.78 is 28.1. The summed E-state index contributed by atoms with van der Waals surface area (Å²) in [7, 11) is -3.49. The number of carbonyl (C=O) groups excluding carboxylic acids is 1. The first kappa shape index (κ1) is 16.7. The molecule has 1 heterocycles. The van der Waals surface area contributed by atoms with Gasteiger partial charge in [-0.2, -0.15) is 4.37 Å². The molecule has 0 fully saturated rings. The van der Waals surface area contributed by atoms with Crippen LogP contribution in [0, 0.1) is 0 Å². The molecule has 1 amide bonds. The third-order valence-electron chi connectivity index (χ3n) is 2.76. The van der Waals surface area contributed by atoms with Gasteiger partial charge >= 0.3 is 0 Å². The number of sulfone groups is 1. The molecule has 7 nitrogen and oxygen atoms in total. The molecule has 0 bridgehead atoms. The van der Waals surface area contributed by atoms with Crippen molar-refractivity contribution in [2.24, 2.45) is 5.73 Å². The largest absolute Gasteiger partial charge is 0.382 e. The number of nitrogens with two attached hydrogens (primary N) is 2. The van der Waals surface area contributed by atoms with E-state index < -0.39 is 15.7 Å². The van der Waals surface area contributed by atoms with Gasteiger partial charge in [-0.15, -0.1) is 0 Å². The van der Waals surface area contributed by atoms with Crippen LogP contribution in [0.3, 0.4) is 0 Å². The molecule has 20 heavy (non-hydrogen) atoms. The Hall–Kier alpha value is -1.35. The number of aromatic nitrogens is 1. The monoisotopic (exact) mass is 320 g/mol. The van der Waals surface area contributed by atoms with E-state index in [9.17, 15) is 13.2 Å². The van der Waals surface area contributed by atoms with Crippen molar-refractivity contribution in [2.75, 3.05) is 29.5 Å². The maximum Gasteiger partial charge on any atom is 0.236 e. The van der Waals surface area contributed by atoms with Gasteiger partial charge in [0, 0.05) is 6.54 Å². The van der Waals surface area contributed by atoms with Crippen molar-refractivity contribution >= 4 is 38.1 Å². The predicted octanol–water partition coefficient (Wildman–Crippen LogP) is 0.611. The van der Waals surface area contributed by atoms with Crippen molar-refractivity contribution in [1.29, 1.82) is 0 Å². The maximum absolute atomic E-state index is 12.1. The number of nitrogen functional groups attached to an aromatic ring is 1. The minimum Gasteiger partial charge on any atom is -0.382 e. The molecule has 0 aliphatic carbocycles. The molecule has 0 atom stereocenters. The number of amides is 1. The number of nitrogens with zero attached hydrogens (tertiary/aromatic N) is 2. The van der Waals surface area contributed by atoms with Crippen molar-refractivity contribution in [1.82, 2.24) is 4.37 Å². The SMILES string of the molecule is CCCCN(CC(N)=O)c1snc(N)c1S(=O)(=O)CC. The summed E-state index contributed by atoms with van der Waals surface area (Å²) in [5.74, 6) is -0.605. The quantitative estimate of drug-likeness (QED) is 0.724. The van der Waals surface area contributed by atoms with Crippen LogP contribution >= 0.6 is 11.5 Å². The lowest BCUT2D eigenvalue weighted by molar-refractivity contribution is -0.116. The lowest BCUT2D eigenvalue weighted by atomic mass is 10.3. The second kappa shape index (κ2) is 6.89. The third kappa shape index (κ3) is 3.83. The molecule has 0 aliphatic rings. The zero-order chi connectivity index (χ0) is 15.3. The average molecular weight is 320 g/mol. The van der Waals surface area contributed by atoms with E-state index in [2.05, 4.69) is 4.37 Å². The number of unbranched alkanes of at least 4 members (excludes halogenated alkanes) is 1. The van der Waals surface area contributed by atoms with Gasteiger partial charge in [-0.3, -0.25) is 4.79 Å². The highest BCUT2D eigenvalue weighted by molar-refractivity contribution is 7.91. The number of rotatable bonds is 8. The number of hydrogen-bond acceptors (Lipinski definition) is 7. The summed E-state index contributed by atoms with van der Waals surface area (Å²) >= 11 is 0.983. The minimum atomic E-state index is -3.49. The fourth-order valence-corrected chi connectivity index (χ4v) is 4.05.